The molecule has 0 N–H and O–H groups in total. The molecule has 88 valence electrons. The largest absolute Gasteiger partial charge is 1.00 e. The zero-order valence-corrected chi connectivity index (χ0v) is 12.8. The molecule has 3 heteroatoms. The second-order valence-corrected chi connectivity index (χ2v) is 3.00. The minimum absolute atomic E-state index is 0. The monoisotopic (exact) mass is 290 g/mol. The molecule has 0 heterocycles. The van der Waals surface area contributed by atoms with E-state index < -0.39 is 0 Å². The second kappa shape index (κ2) is 15.1. The smallest absolute Gasteiger partial charge is 1.00 e. The van der Waals surface area contributed by atoms with E-state index >= 15 is 0 Å². The number of hydrogen-bond donors (Lipinski definition) is 0. The van der Waals surface area contributed by atoms with Gasteiger partial charge in [-0.15, -0.1) is 26.7 Å². The summed E-state index contributed by atoms with van der Waals surface area (Å²) in [6.45, 7) is 4.17. The van der Waals surface area contributed by atoms with Crippen molar-refractivity contribution >= 4 is 4.82 Å². The van der Waals surface area contributed by atoms with Gasteiger partial charge in [0.2, 0.25) is 0 Å². The number of halogens is 2. The summed E-state index contributed by atoms with van der Waals surface area (Å²) < 4.78 is 0. The van der Waals surface area contributed by atoms with Crippen molar-refractivity contribution in [3.05, 3.63) is 47.6 Å². The topological polar surface area (TPSA) is 0 Å². The average molecular weight is 291 g/mol. The van der Waals surface area contributed by atoms with Crippen LogP contribution < -0.4 is 24.8 Å². The van der Waals surface area contributed by atoms with Crippen LogP contribution in [0.25, 0.3) is 0 Å². The van der Waals surface area contributed by atoms with Gasteiger partial charge in [0, 0.05) is 0 Å². The first kappa shape index (κ1) is 21.4. The van der Waals surface area contributed by atoms with Gasteiger partial charge in [0.15, 0.2) is 0 Å². The molecule has 0 saturated carbocycles. The second-order valence-electron chi connectivity index (χ2n) is 3.00. The quantitative estimate of drug-likeness (QED) is 0.338. The fraction of sp³-hybridized carbons (Fsp3) is 0.308. The Kier molecular flexibility index (Phi) is 20.2. The van der Waals surface area contributed by atoms with Gasteiger partial charge >= 0.3 is 24.8 Å². The Hall–Kier alpha value is 0.124. The maximum atomic E-state index is 3.25. The van der Waals surface area contributed by atoms with Crippen molar-refractivity contribution in [2.45, 2.75) is 26.7 Å². The van der Waals surface area contributed by atoms with Gasteiger partial charge in [-0.05, 0) is 0 Å². The maximum Gasteiger partial charge on any atom is -1.00 e. The molecule has 2 aliphatic rings. The van der Waals surface area contributed by atoms with Crippen LogP contribution >= 0.6 is 0 Å². The fourth-order valence-corrected chi connectivity index (χ4v) is 0.998. The van der Waals surface area contributed by atoms with Crippen LogP contribution in [0.15, 0.2) is 35.5 Å². The van der Waals surface area contributed by atoms with Gasteiger partial charge in [-0.25, -0.2) is 23.3 Å². The molecule has 0 aromatic heterocycles. The molecule has 0 saturated heterocycles. The summed E-state index contributed by atoms with van der Waals surface area (Å²) in [7, 11) is 0. The zero-order valence-electron chi connectivity index (χ0n) is 9.69. The molecule has 0 fully saturated rings. The molecule has 0 unspecified atom stereocenters. The maximum absolute atomic E-state index is 3.25. The minimum Gasteiger partial charge on any atom is -1.00 e. The van der Waals surface area contributed by atoms with Gasteiger partial charge in [-0.1, -0.05) is 0 Å². The van der Waals surface area contributed by atoms with E-state index in [-0.39, 0.29) is 24.8 Å². The molecular weight excluding hydrogens is 275 g/mol. The van der Waals surface area contributed by atoms with E-state index in [1.807, 2.05) is 12.2 Å². The Morgan fingerprint density at radius 3 is 1.31 bits per heavy atom. The normalized spacial score (nSPS) is 14.2. The summed E-state index contributed by atoms with van der Waals surface area (Å²) in [6, 6.07) is 0. The molecule has 0 aromatic rings. The molecule has 16 heavy (non-hydrogen) atoms. The molecule has 2 rings (SSSR count). The summed E-state index contributed by atoms with van der Waals surface area (Å²) in [5, 5.41) is 0. The van der Waals surface area contributed by atoms with Gasteiger partial charge in [0.05, 0.1) is 0 Å². The molecule has 2 aliphatic carbocycles. The molecule has 0 nitrogen and oxygen atoms in total. The van der Waals surface area contributed by atoms with Crippen molar-refractivity contribution in [1.82, 2.24) is 0 Å². The Bertz CT molecular complexity index is 242. The molecule has 0 spiro atoms. The van der Waals surface area contributed by atoms with Crippen molar-refractivity contribution in [2.24, 2.45) is 0 Å². The van der Waals surface area contributed by atoms with Crippen molar-refractivity contribution < 1.29 is 44.8 Å². The summed E-state index contributed by atoms with van der Waals surface area (Å²) >= 11 is 1.75. The Morgan fingerprint density at radius 1 is 0.938 bits per heavy atom. The minimum atomic E-state index is 0. The number of hydrogen-bond acceptors (Lipinski definition) is 0. The summed E-state index contributed by atoms with van der Waals surface area (Å²) in [5.74, 6) is 0. The SMILES string of the molecule is CC1=CC[C-]=C1.CC1=CC[C-]=C1.[CH2]=[Ti+2].[Cl-].[Cl-]. The predicted octanol–water partition coefficient (Wildman–Crippen LogP) is -2.64. The van der Waals surface area contributed by atoms with E-state index in [1.54, 1.807) is 20.0 Å². The first-order chi connectivity index (χ1) is 6.79. The average Bonchev–Trinajstić information content (AvgIpc) is 2.83. The van der Waals surface area contributed by atoms with Crippen molar-refractivity contribution in [1.29, 1.82) is 0 Å². The molecule has 0 aromatic carbocycles. The zero-order chi connectivity index (χ0) is 10.8. The Morgan fingerprint density at radius 2 is 1.25 bits per heavy atom. The van der Waals surface area contributed by atoms with E-state index in [1.165, 1.54) is 11.1 Å². The predicted molar refractivity (Wildman–Crippen MR) is 59.5 cm³/mol. The van der Waals surface area contributed by atoms with Crippen LogP contribution in [0, 0.1) is 12.2 Å². The van der Waals surface area contributed by atoms with Crippen LogP contribution in [0.4, 0.5) is 0 Å². The van der Waals surface area contributed by atoms with Crippen molar-refractivity contribution in [3.8, 4) is 0 Å². The molecule has 0 radical (unpaired) electrons. The van der Waals surface area contributed by atoms with Crippen LogP contribution in [-0.2, 0) is 20.0 Å². The van der Waals surface area contributed by atoms with Gasteiger partial charge in [-0.3, -0.25) is 12.2 Å². The molecule has 0 atom stereocenters. The van der Waals surface area contributed by atoms with Gasteiger partial charge in [-0.2, -0.15) is 12.2 Å². The molecule has 0 amide bonds. The van der Waals surface area contributed by atoms with Crippen LogP contribution in [0.2, 0.25) is 0 Å². The third-order valence-electron chi connectivity index (χ3n) is 1.74. The van der Waals surface area contributed by atoms with Crippen LogP contribution in [0.1, 0.15) is 26.7 Å². The van der Waals surface area contributed by atoms with Crippen LogP contribution in [0.3, 0.4) is 0 Å². The van der Waals surface area contributed by atoms with E-state index in [0.717, 1.165) is 12.8 Å². The van der Waals surface area contributed by atoms with E-state index in [4.69, 9.17) is 0 Å². The standard InChI is InChI=1S/2C6H7.CH2.2ClH.Ti/c2*1-6-4-2-3-5-6;;;;/h2*4-5H,2H2,1H3;1H2;2*1H;/q2*-1;;;;+2/p-2. The fourth-order valence-electron chi connectivity index (χ4n) is 0.998. The third-order valence-corrected chi connectivity index (χ3v) is 1.74. The third kappa shape index (κ3) is 12.2. The Labute approximate surface area is 123 Å². The summed E-state index contributed by atoms with van der Waals surface area (Å²) in [6.07, 6.45) is 16.5. The van der Waals surface area contributed by atoms with Crippen molar-refractivity contribution in [2.75, 3.05) is 0 Å². The Balaban J connectivity index is -0.000000165. The summed E-state index contributed by atoms with van der Waals surface area (Å²) in [5.41, 5.74) is 2.69. The van der Waals surface area contributed by atoms with Crippen molar-refractivity contribution in [3.63, 3.8) is 0 Å². The molecule has 0 aliphatic heterocycles. The van der Waals surface area contributed by atoms with Crippen LogP contribution in [0.5, 0.6) is 0 Å². The molecular formula is C13H16Cl2Ti-2. The number of allylic oxidation sites excluding steroid dienone is 8. The van der Waals surface area contributed by atoms with Gasteiger partial charge < -0.3 is 24.8 Å². The summed E-state index contributed by atoms with van der Waals surface area (Å²) in [4.78, 5) is 3.25. The van der Waals surface area contributed by atoms with Gasteiger partial charge in [0.25, 0.3) is 0 Å². The van der Waals surface area contributed by atoms with E-state index in [0.29, 0.717) is 0 Å². The first-order valence-corrected chi connectivity index (χ1v) is 5.71. The van der Waals surface area contributed by atoms with E-state index in [2.05, 4.69) is 43.0 Å². The van der Waals surface area contributed by atoms with Crippen LogP contribution in [-0.4, -0.2) is 4.82 Å². The van der Waals surface area contributed by atoms with E-state index in [9.17, 15) is 0 Å². The van der Waals surface area contributed by atoms with Gasteiger partial charge in [0.1, 0.15) is 0 Å². The molecule has 0 bridgehead atoms. The first-order valence-electron chi connectivity index (χ1n) is 4.61. The number of rotatable bonds is 0.